The van der Waals surface area contributed by atoms with Gasteiger partial charge in [0.05, 0.1) is 19.8 Å². The van der Waals surface area contributed by atoms with E-state index in [0.29, 0.717) is 0 Å². The van der Waals surface area contributed by atoms with Crippen molar-refractivity contribution in [2.24, 2.45) is 0 Å². The largest absolute Gasteiger partial charge is 0.475 e. The van der Waals surface area contributed by atoms with Gasteiger partial charge in [-0.2, -0.15) is 0 Å². The zero-order valence-corrected chi connectivity index (χ0v) is 16.1. The van der Waals surface area contributed by atoms with Crippen LogP contribution in [0.1, 0.15) is 0 Å². The average Bonchev–Trinajstić information content (AvgIpc) is 2.21. The molecule has 0 spiro atoms. The van der Waals surface area contributed by atoms with Crippen LogP contribution in [0.25, 0.3) is 0 Å². The molecule has 0 rings (SSSR count). The van der Waals surface area contributed by atoms with E-state index in [4.69, 9.17) is 48.4 Å². The van der Waals surface area contributed by atoms with Crippen molar-refractivity contribution < 1.29 is 18.1 Å². The van der Waals surface area contributed by atoms with Gasteiger partial charge in [0.25, 0.3) is 0 Å². The summed E-state index contributed by atoms with van der Waals surface area (Å²) in [5.74, 6) is 0. The van der Waals surface area contributed by atoms with E-state index in [1.54, 1.807) is 0 Å². The smallest absolute Gasteiger partial charge is 0.284 e. The van der Waals surface area contributed by atoms with Crippen molar-refractivity contribution in [1.29, 1.82) is 0 Å². The van der Waals surface area contributed by atoms with Gasteiger partial charge in [0.15, 0.2) is 0 Å². The Labute approximate surface area is 140 Å². The Kier molecular flexibility index (Phi) is 11.6. The number of phosphoric ester groups is 1. The molecule has 0 saturated carbocycles. The Hall–Kier alpha value is 2.42. The lowest BCUT2D eigenvalue weighted by Crippen LogP contribution is -2.10. The fourth-order valence-electron chi connectivity index (χ4n) is 0.555. The maximum atomic E-state index is 12.0. The highest BCUT2D eigenvalue weighted by Gasteiger charge is 2.29. The van der Waals surface area contributed by atoms with Gasteiger partial charge in [-0.15, -0.1) is 34.8 Å². The van der Waals surface area contributed by atoms with Crippen LogP contribution in [0.3, 0.4) is 0 Å². The summed E-state index contributed by atoms with van der Waals surface area (Å²) in [6.07, 6.45) is 0. The maximum Gasteiger partial charge on any atom is 0.475 e. The minimum Gasteiger partial charge on any atom is -0.284 e. The van der Waals surface area contributed by atoms with Gasteiger partial charge < -0.3 is 0 Å². The summed E-state index contributed by atoms with van der Waals surface area (Å²) in [5.41, 5.74) is 0. The molecule has 17 heavy (non-hydrogen) atoms. The van der Waals surface area contributed by atoms with Crippen molar-refractivity contribution in [2.45, 2.75) is 12.9 Å². The van der Waals surface area contributed by atoms with Crippen LogP contribution in [0.2, 0.25) is 0 Å². The number of phosphoric acid groups is 1. The summed E-state index contributed by atoms with van der Waals surface area (Å²) < 4.78 is 25.4. The zero-order valence-electron chi connectivity index (χ0n) is 8.20. The van der Waals surface area contributed by atoms with E-state index in [1.807, 2.05) is 0 Å². The van der Waals surface area contributed by atoms with E-state index in [9.17, 15) is 4.57 Å². The summed E-state index contributed by atoms with van der Waals surface area (Å²) in [6.45, 7) is -0.157. The summed E-state index contributed by atoms with van der Waals surface area (Å²) in [6, 6.07) is 0. The number of halogens is 6. The van der Waals surface area contributed by atoms with Crippen LogP contribution in [0.4, 0.5) is 0 Å². The molecule has 0 aliphatic rings. The zero-order chi connectivity index (χ0) is 13.5. The van der Waals surface area contributed by atoms with E-state index in [0.717, 1.165) is 0 Å². The van der Waals surface area contributed by atoms with E-state index in [-0.39, 0.29) is 19.8 Å². The molecule has 0 heterocycles. The van der Waals surface area contributed by atoms with Gasteiger partial charge in [-0.1, -0.05) is 47.8 Å². The molecule has 0 aliphatic heterocycles. The molecular formula is C6H9Br3Cl3O4P. The molecule has 0 N–H and O–H groups in total. The van der Waals surface area contributed by atoms with Crippen LogP contribution in [0.5, 0.6) is 0 Å². The molecule has 11 heteroatoms. The van der Waals surface area contributed by atoms with Crippen molar-refractivity contribution in [3.63, 3.8) is 0 Å². The maximum absolute atomic E-state index is 12.0. The van der Waals surface area contributed by atoms with Crippen LogP contribution in [0, 0.1) is 0 Å². The highest BCUT2D eigenvalue weighted by Crippen LogP contribution is 2.50. The number of alkyl halides is 6. The Balaban J connectivity index is 4.29. The summed E-state index contributed by atoms with van der Waals surface area (Å²) in [4.78, 5) is 0. The second-order valence-corrected chi connectivity index (χ2v) is 10.7. The normalized spacial score (nSPS) is 20.6. The lowest BCUT2D eigenvalue weighted by Gasteiger charge is -2.18. The standard InChI is InChI=1S/C6H9Br3Cl3O4P/c7-4(10)1-14-17(13,15-2-5(8)11)16-3-6(9)12/h4-6H,1-3H2. The molecule has 0 aliphatic carbocycles. The summed E-state index contributed by atoms with van der Waals surface area (Å²) in [5, 5.41) is 0. The Morgan fingerprint density at radius 2 is 1.06 bits per heavy atom. The number of hydrogen-bond acceptors (Lipinski definition) is 4. The predicted octanol–water partition coefficient (Wildman–Crippen LogP) is 5.02. The molecule has 4 nitrogen and oxygen atoms in total. The predicted molar refractivity (Wildman–Crippen MR) is 81.2 cm³/mol. The van der Waals surface area contributed by atoms with E-state index >= 15 is 0 Å². The molecule has 104 valence electrons. The third-order valence-electron chi connectivity index (χ3n) is 1.08. The third-order valence-corrected chi connectivity index (χ3v) is 3.64. The van der Waals surface area contributed by atoms with Crippen LogP contribution < -0.4 is 0 Å². The minimum atomic E-state index is -3.72. The van der Waals surface area contributed by atoms with Crippen LogP contribution in [0.15, 0.2) is 0 Å². The molecule has 3 unspecified atom stereocenters. The van der Waals surface area contributed by atoms with Gasteiger partial charge in [-0.3, -0.25) is 13.6 Å². The molecule has 0 aromatic carbocycles. The van der Waals surface area contributed by atoms with Gasteiger partial charge in [-0.05, 0) is 0 Å². The van der Waals surface area contributed by atoms with Crippen molar-refractivity contribution in [1.82, 2.24) is 0 Å². The van der Waals surface area contributed by atoms with Crippen LogP contribution in [-0.4, -0.2) is 32.7 Å². The fraction of sp³-hybridized carbons (Fsp3) is 1.00. The quantitative estimate of drug-likeness (QED) is 0.315. The second kappa shape index (κ2) is 10.2. The van der Waals surface area contributed by atoms with Gasteiger partial charge in [-0.25, -0.2) is 4.57 Å². The van der Waals surface area contributed by atoms with Crippen molar-refractivity contribution in [2.75, 3.05) is 19.8 Å². The number of rotatable bonds is 9. The first kappa shape index (κ1) is 19.4. The van der Waals surface area contributed by atoms with E-state index < -0.39 is 20.7 Å². The van der Waals surface area contributed by atoms with Gasteiger partial charge in [0.2, 0.25) is 0 Å². The van der Waals surface area contributed by atoms with Gasteiger partial charge in [0.1, 0.15) is 12.9 Å². The fourth-order valence-corrected chi connectivity index (χ4v) is 3.24. The molecule has 3 atom stereocenters. The van der Waals surface area contributed by atoms with E-state index in [2.05, 4.69) is 47.8 Å². The molecule has 0 bridgehead atoms. The van der Waals surface area contributed by atoms with Crippen LogP contribution >= 0.6 is 90.4 Å². The molecule has 0 aromatic rings. The Morgan fingerprint density at radius 1 is 0.824 bits per heavy atom. The molecule has 0 radical (unpaired) electrons. The minimum absolute atomic E-state index is 0.0523. The molecule has 0 aromatic heterocycles. The number of hydrogen-bond donors (Lipinski definition) is 0. The van der Waals surface area contributed by atoms with Gasteiger partial charge >= 0.3 is 7.82 Å². The van der Waals surface area contributed by atoms with Crippen molar-refractivity contribution in [3.05, 3.63) is 0 Å². The second-order valence-electron chi connectivity index (χ2n) is 2.51. The lowest BCUT2D eigenvalue weighted by molar-refractivity contribution is 0.124. The highest BCUT2D eigenvalue weighted by atomic mass is 79.9. The Morgan fingerprint density at radius 3 is 1.24 bits per heavy atom. The first-order valence-corrected chi connectivity index (χ1v) is 9.65. The van der Waals surface area contributed by atoms with Crippen molar-refractivity contribution in [3.8, 4) is 0 Å². The topological polar surface area (TPSA) is 44.8 Å². The molecule has 0 saturated heterocycles. The Bertz CT molecular complexity index is 219. The first-order chi connectivity index (χ1) is 7.75. The van der Waals surface area contributed by atoms with Crippen LogP contribution in [-0.2, 0) is 18.1 Å². The lowest BCUT2D eigenvalue weighted by atomic mass is 10.9. The summed E-state index contributed by atoms with van der Waals surface area (Å²) in [7, 11) is -3.72. The SMILES string of the molecule is O=P(OCC(Cl)Br)(OCC(Cl)Br)OCC(Cl)Br. The van der Waals surface area contributed by atoms with E-state index in [1.165, 1.54) is 0 Å². The highest BCUT2D eigenvalue weighted by molar-refractivity contribution is 9.10. The average molecular weight is 522 g/mol. The summed E-state index contributed by atoms with van der Waals surface area (Å²) >= 11 is 25.9. The molecule has 0 fully saturated rings. The third kappa shape index (κ3) is 11.9. The molecular weight excluding hydrogens is 513 g/mol. The van der Waals surface area contributed by atoms with Crippen molar-refractivity contribution >= 4 is 90.4 Å². The first-order valence-electron chi connectivity index (χ1n) is 4.13. The van der Waals surface area contributed by atoms with Gasteiger partial charge in [0, 0.05) is 0 Å². The molecule has 0 amide bonds. The monoisotopic (exact) mass is 518 g/mol.